The highest BCUT2D eigenvalue weighted by Gasteiger charge is 2.33. The van der Waals surface area contributed by atoms with Crippen LogP contribution in [0.5, 0.6) is 0 Å². The fourth-order valence-corrected chi connectivity index (χ4v) is 3.69. The third-order valence-electron chi connectivity index (χ3n) is 5.75. The normalized spacial score (nSPS) is 30.0. The molecule has 4 heteroatoms. The van der Waals surface area contributed by atoms with Crippen LogP contribution in [0, 0.1) is 11.3 Å². The first-order chi connectivity index (χ1) is 10.1. The summed E-state index contributed by atoms with van der Waals surface area (Å²) >= 11 is 0. The summed E-state index contributed by atoms with van der Waals surface area (Å²) in [7, 11) is 0. The highest BCUT2D eigenvalue weighted by Crippen LogP contribution is 2.34. The summed E-state index contributed by atoms with van der Waals surface area (Å²) in [5.74, 6) is 1.00. The number of carbonyl (C=O) groups excluding carboxylic acids is 1. The average Bonchev–Trinajstić information content (AvgIpc) is 2.51. The van der Waals surface area contributed by atoms with Crippen molar-refractivity contribution in [1.82, 2.24) is 10.2 Å². The molecule has 0 unspecified atom stereocenters. The monoisotopic (exact) mass is 296 g/mol. The Labute approximate surface area is 129 Å². The lowest BCUT2D eigenvalue weighted by Gasteiger charge is -2.40. The van der Waals surface area contributed by atoms with Crippen LogP contribution in [0.15, 0.2) is 0 Å². The number of hydrogen-bond acceptors (Lipinski definition) is 3. The van der Waals surface area contributed by atoms with Gasteiger partial charge in [-0.15, -0.1) is 0 Å². The summed E-state index contributed by atoms with van der Waals surface area (Å²) in [4.78, 5) is 14.4. The number of likely N-dealkylation sites (tertiary alicyclic amines) is 1. The van der Waals surface area contributed by atoms with E-state index in [9.17, 15) is 9.90 Å². The molecule has 0 radical (unpaired) electrons. The van der Waals surface area contributed by atoms with Gasteiger partial charge in [0.25, 0.3) is 0 Å². The van der Waals surface area contributed by atoms with E-state index in [0.717, 1.165) is 51.1 Å². The molecule has 122 valence electrons. The lowest BCUT2D eigenvalue weighted by molar-refractivity contribution is -0.124. The van der Waals surface area contributed by atoms with Crippen LogP contribution in [0.3, 0.4) is 0 Å². The second-order valence-corrected chi connectivity index (χ2v) is 7.31. The Hall–Kier alpha value is -0.610. The van der Waals surface area contributed by atoms with Gasteiger partial charge in [0.1, 0.15) is 0 Å². The number of amides is 1. The molecule has 1 saturated heterocycles. The first-order valence-corrected chi connectivity index (χ1v) is 8.69. The Morgan fingerprint density at radius 2 is 1.86 bits per heavy atom. The number of aliphatic hydroxyl groups is 1. The fraction of sp³-hybridized carbons (Fsp3) is 0.941. The van der Waals surface area contributed by atoms with Crippen molar-refractivity contribution >= 4 is 5.91 Å². The van der Waals surface area contributed by atoms with Crippen LogP contribution >= 0.6 is 0 Å². The van der Waals surface area contributed by atoms with E-state index in [1.54, 1.807) is 0 Å². The van der Waals surface area contributed by atoms with Crippen LogP contribution in [-0.4, -0.2) is 48.2 Å². The largest absolute Gasteiger partial charge is 0.396 e. The topological polar surface area (TPSA) is 52.6 Å². The summed E-state index contributed by atoms with van der Waals surface area (Å²) in [6.45, 7) is 7.13. The van der Waals surface area contributed by atoms with Crippen molar-refractivity contribution < 1.29 is 9.90 Å². The van der Waals surface area contributed by atoms with Gasteiger partial charge in [-0.3, -0.25) is 9.69 Å². The third-order valence-corrected chi connectivity index (χ3v) is 5.75. The van der Waals surface area contributed by atoms with Crippen LogP contribution in [0.4, 0.5) is 0 Å². The van der Waals surface area contributed by atoms with E-state index in [2.05, 4.69) is 24.1 Å². The molecule has 2 rings (SSSR count). The highest BCUT2D eigenvalue weighted by molar-refractivity contribution is 5.78. The van der Waals surface area contributed by atoms with Crippen molar-refractivity contribution in [1.29, 1.82) is 0 Å². The molecule has 0 atom stereocenters. The molecule has 2 fully saturated rings. The highest BCUT2D eigenvalue weighted by atomic mass is 16.3. The molecule has 1 saturated carbocycles. The molecule has 4 nitrogen and oxygen atoms in total. The summed E-state index contributed by atoms with van der Waals surface area (Å²) in [5, 5.41) is 12.8. The zero-order chi connectivity index (χ0) is 15.3. The van der Waals surface area contributed by atoms with Crippen LogP contribution < -0.4 is 5.32 Å². The van der Waals surface area contributed by atoms with Gasteiger partial charge in [0.2, 0.25) is 5.91 Å². The zero-order valence-electron chi connectivity index (χ0n) is 13.7. The predicted molar refractivity (Wildman–Crippen MR) is 85.0 cm³/mol. The van der Waals surface area contributed by atoms with Gasteiger partial charge in [-0.05, 0) is 69.4 Å². The minimum absolute atomic E-state index is 0.104. The minimum Gasteiger partial charge on any atom is -0.396 e. The fourth-order valence-electron chi connectivity index (χ4n) is 3.69. The van der Waals surface area contributed by atoms with Crippen molar-refractivity contribution in [3.8, 4) is 0 Å². The quantitative estimate of drug-likeness (QED) is 0.817. The first kappa shape index (κ1) is 16.8. The average molecular weight is 296 g/mol. The van der Waals surface area contributed by atoms with Crippen molar-refractivity contribution in [2.75, 3.05) is 26.2 Å². The van der Waals surface area contributed by atoms with Crippen molar-refractivity contribution in [3.63, 3.8) is 0 Å². The molecular weight excluding hydrogens is 264 g/mol. The third kappa shape index (κ3) is 4.68. The Bertz CT molecular complexity index is 324. The molecule has 0 aromatic heterocycles. The molecule has 1 heterocycles. The molecule has 0 aromatic carbocycles. The van der Waals surface area contributed by atoms with Crippen molar-refractivity contribution in [3.05, 3.63) is 0 Å². The standard InChI is InChI=1S/C17H32N2O2/c1-3-17(13-20)8-10-19(11-9-17)12-16(21)18-15-6-4-14(2)5-7-15/h14-15,20H,3-13H2,1-2H3,(H,18,21). The molecule has 1 amide bonds. The number of rotatable bonds is 5. The molecule has 2 N–H and O–H groups in total. The SMILES string of the molecule is CCC1(CO)CCN(CC(=O)NC2CCC(C)CC2)CC1. The smallest absolute Gasteiger partial charge is 0.234 e. The molecule has 0 aromatic rings. The van der Waals surface area contributed by atoms with Crippen LogP contribution in [0.2, 0.25) is 0 Å². The number of nitrogens with zero attached hydrogens (tertiary/aromatic N) is 1. The van der Waals surface area contributed by atoms with Gasteiger partial charge in [-0.1, -0.05) is 13.8 Å². The lowest BCUT2D eigenvalue weighted by atomic mass is 9.77. The van der Waals surface area contributed by atoms with Gasteiger partial charge in [0.05, 0.1) is 6.54 Å². The first-order valence-electron chi connectivity index (χ1n) is 8.69. The van der Waals surface area contributed by atoms with Crippen molar-refractivity contribution in [2.24, 2.45) is 11.3 Å². The maximum Gasteiger partial charge on any atom is 0.234 e. The van der Waals surface area contributed by atoms with E-state index in [1.165, 1.54) is 12.8 Å². The van der Waals surface area contributed by atoms with Crippen LogP contribution in [-0.2, 0) is 4.79 Å². The maximum absolute atomic E-state index is 12.2. The second-order valence-electron chi connectivity index (χ2n) is 7.31. The Morgan fingerprint density at radius 3 is 2.38 bits per heavy atom. The van der Waals surface area contributed by atoms with E-state index < -0.39 is 0 Å². The van der Waals surface area contributed by atoms with Gasteiger partial charge in [0, 0.05) is 12.6 Å². The van der Waals surface area contributed by atoms with Gasteiger partial charge in [0.15, 0.2) is 0 Å². The predicted octanol–water partition coefficient (Wildman–Crippen LogP) is 2.17. The number of nitrogens with one attached hydrogen (secondary N) is 1. The van der Waals surface area contributed by atoms with Crippen LogP contribution in [0.1, 0.15) is 58.8 Å². The molecule has 0 spiro atoms. The summed E-state index contributed by atoms with van der Waals surface area (Å²) in [6.07, 6.45) is 7.80. The molecule has 2 aliphatic rings. The summed E-state index contributed by atoms with van der Waals surface area (Å²) in [5.41, 5.74) is 0.104. The van der Waals surface area contributed by atoms with Gasteiger partial charge < -0.3 is 10.4 Å². The van der Waals surface area contributed by atoms with E-state index in [0.29, 0.717) is 12.6 Å². The van der Waals surface area contributed by atoms with Gasteiger partial charge >= 0.3 is 0 Å². The number of hydrogen-bond donors (Lipinski definition) is 2. The maximum atomic E-state index is 12.2. The number of aliphatic hydroxyl groups excluding tert-OH is 1. The Balaban J connectivity index is 1.69. The van der Waals surface area contributed by atoms with E-state index in [4.69, 9.17) is 0 Å². The molecule has 1 aliphatic heterocycles. The summed E-state index contributed by atoms with van der Waals surface area (Å²) < 4.78 is 0. The Kier molecular flexibility index (Phi) is 6.06. The minimum atomic E-state index is 0.104. The second kappa shape index (κ2) is 7.59. The van der Waals surface area contributed by atoms with Gasteiger partial charge in [-0.25, -0.2) is 0 Å². The summed E-state index contributed by atoms with van der Waals surface area (Å²) in [6, 6.07) is 0.394. The number of piperidine rings is 1. The van der Waals surface area contributed by atoms with E-state index >= 15 is 0 Å². The Morgan fingerprint density at radius 1 is 1.24 bits per heavy atom. The van der Waals surface area contributed by atoms with E-state index in [-0.39, 0.29) is 17.9 Å². The van der Waals surface area contributed by atoms with E-state index in [1.807, 2.05) is 0 Å². The number of carbonyl (C=O) groups is 1. The molecule has 21 heavy (non-hydrogen) atoms. The molecular formula is C17H32N2O2. The molecule has 1 aliphatic carbocycles. The zero-order valence-corrected chi connectivity index (χ0v) is 13.7. The van der Waals surface area contributed by atoms with Gasteiger partial charge in [-0.2, -0.15) is 0 Å². The van der Waals surface area contributed by atoms with Crippen molar-refractivity contribution in [2.45, 2.75) is 64.8 Å². The molecule has 0 bridgehead atoms. The van der Waals surface area contributed by atoms with Crippen LogP contribution in [0.25, 0.3) is 0 Å². The lowest BCUT2D eigenvalue weighted by Crippen LogP contribution is -2.47.